The summed E-state index contributed by atoms with van der Waals surface area (Å²) in [4.78, 5) is 25.1. The molecule has 0 aromatic heterocycles. The minimum atomic E-state index is -1.75. The van der Waals surface area contributed by atoms with E-state index < -0.39 is 11.6 Å². The van der Waals surface area contributed by atoms with Crippen molar-refractivity contribution in [2.24, 2.45) is 0 Å². The number of amides is 1. The van der Waals surface area contributed by atoms with Gasteiger partial charge in [0, 0.05) is 25.9 Å². The average molecular weight is 353 g/mol. The average Bonchev–Trinajstić information content (AvgIpc) is 2.61. The van der Waals surface area contributed by atoms with Gasteiger partial charge in [0.15, 0.2) is 17.1 Å². The lowest BCUT2D eigenvalue weighted by molar-refractivity contribution is -0.165. The first-order chi connectivity index (χ1) is 11.8. The smallest absolute Gasteiger partial charge is 0.335 e. The Morgan fingerprint density at radius 1 is 1.08 bits per heavy atom. The van der Waals surface area contributed by atoms with Gasteiger partial charge >= 0.3 is 5.97 Å². The van der Waals surface area contributed by atoms with Crippen LogP contribution in [0, 0.1) is 0 Å². The van der Waals surface area contributed by atoms with Crippen LogP contribution in [0.3, 0.4) is 0 Å². The van der Waals surface area contributed by atoms with Gasteiger partial charge in [-0.2, -0.15) is 0 Å². The van der Waals surface area contributed by atoms with Crippen molar-refractivity contribution in [1.82, 2.24) is 4.90 Å². The van der Waals surface area contributed by atoms with Crippen LogP contribution in [0.1, 0.15) is 18.4 Å². The number of carbonyl (C=O) groups is 2. The number of ether oxygens (including phenoxy) is 3. The Balaban J connectivity index is 2.10. The number of aliphatic hydroxyl groups is 1. The molecular weight excluding hydrogens is 330 g/mol. The molecular formula is C17H23NO7. The Morgan fingerprint density at radius 3 is 2.00 bits per heavy atom. The zero-order chi connectivity index (χ0) is 18.6. The summed E-state index contributed by atoms with van der Waals surface area (Å²) in [6.45, 7) is 0.401. The van der Waals surface area contributed by atoms with Crippen molar-refractivity contribution in [2.75, 3.05) is 34.4 Å². The van der Waals surface area contributed by atoms with Crippen LogP contribution in [0.15, 0.2) is 12.1 Å². The first-order valence-electron chi connectivity index (χ1n) is 7.87. The first-order valence-corrected chi connectivity index (χ1v) is 7.87. The fraction of sp³-hybridized carbons (Fsp3) is 0.529. The zero-order valence-electron chi connectivity index (χ0n) is 14.6. The number of rotatable bonds is 6. The zero-order valence-corrected chi connectivity index (χ0v) is 14.6. The number of hydrogen-bond donors (Lipinski definition) is 2. The second-order valence-corrected chi connectivity index (χ2v) is 5.93. The van der Waals surface area contributed by atoms with E-state index in [4.69, 9.17) is 19.3 Å². The molecule has 1 saturated heterocycles. The maximum absolute atomic E-state index is 12.5. The summed E-state index contributed by atoms with van der Waals surface area (Å²) >= 11 is 0. The third-order valence-corrected chi connectivity index (χ3v) is 4.42. The van der Waals surface area contributed by atoms with Crippen LogP contribution in [0.4, 0.5) is 0 Å². The van der Waals surface area contributed by atoms with Gasteiger partial charge in [-0.05, 0) is 17.7 Å². The number of aliphatic carboxylic acids is 1. The highest BCUT2D eigenvalue weighted by Gasteiger charge is 2.40. The number of carboxylic acid groups (broad SMARTS) is 1. The van der Waals surface area contributed by atoms with Gasteiger partial charge in [0.25, 0.3) is 0 Å². The molecule has 138 valence electrons. The molecule has 25 heavy (non-hydrogen) atoms. The SMILES string of the molecule is COc1cc(CC(=O)N2CCC(O)(C(=O)O)CC2)cc(OC)c1OC. The molecule has 2 N–H and O–H groups in total. The normalized spacial score (nSPS) is 16.2. The third kappa shape index (κ3) is 3.96. The minimum Gasteiger partial charge on any atom is -0.493 e. The summed E-state index contributed by atoms with van der Waals surface area (Å²) in [5.74, 6) is -0.0243. The van der Waals surface area contributed by atoms with Crippen molar-refractivity contribution in [2.45, 2.75) is 24.9 Å². The highest BCUT2D eigenvalue weighted by molar-refractivity contribution is 5.81. The second-order valence-electron chi connectivity index (χ2n) is 5.93. The number of methoxy groups -OCH3 is 3. The van der Waals surface area contributed by atoms with E-state index in [9.17, 15) is 14.7 Å². The predicted octanol–water partition coefficient (Wildman–Crippen LogP) is 0.693. The molecule has 1 heterocycles. The largest absolute Gasteiger partial charge is 0.493 e. The van der Waals surface area contributed by atoms with Gasteiger partial charge in [-0.3, -0.25) is 4.79 Å². The lowest BCUT2D eigenvalue weighted by Crippen LogP contribution is -2.51. The van der Waals surface area contributed by atoms with Crippen molar-refractivity contribution < 1.29 is 34.0 Å². The lowest BCUT2D eigenvalue weighted by Gasteiger charge is -2.35. The summed E-state index contributed by atoms with van der Waals surface area (Å²) in [5, 5.41) is 19.0. The van der Waals surface area contributed by atoms with Crippen LogP contribution in [-0.2, 0) is 16.0 Å². The molecule has 8 heteroatoms. The molecule has 1 aliphatic rings. The Bertz CT molecular complexity index is 625. The third-order valence-electron chi connectivity index (χ3n) is 4.42. The first kappa shape index (κ1) is 18.9. The quantitative estimate of drug-likeness (QED) is 0.775. The van der Waals surface area contributed by atoms with Gasteiger partial charge in [0.2, 0.25) is 11.7 Å². The molecule has 2 rings (SSSR count). The number of carbonyl (C=O) groups excluding carboxylic acids is 1. The minimum absolute atomic E-state index is 0.0172. The van der Waals surface area contributed by atoms with Crippen molar-refractivity contribution in [1.29, 1.82) is 0 Å². The highest BCUT2D eigenvalue weighted by Crippen LogP contribution is 2.38. The van der Waals surface area contributed by atoms with E-state index in [2.05, 4.69) is 0 Å². The number of nitrogens with zero attached hydrogens (tertiary/aromatic N) is 1. The van der Waals surface area contributed by atoms with Crippen molar-refractivity contribution >= 4 is 11.9 Å². The summed E-state index contributed by atoms with van der Waals surface area (Å²) in [6.07, 6.45) is 0.148. The molecule has 0 saturated carbocycles. The van der Waals surface area contributed by atoms with Crippen molar-refractivity contribution in [3.63, 3.8) is 0 Å². The van der Waals surface area contributed by atoms with Crippen molar-refractivity contribution in [3.05, 3.63) is 17.7 Å². The van der Waals surface area contributed by atoms with Crippen LogP contribution in [0.5, 0.6) is 17.2 Å². The molecule has 0 aliphatic carbocycles. The van der Waals surface area contributed by atoms with E-state index in [0.29, 0.717) is 22.8 Å². The van der Waals surface area contributed by atoms with Crippen LogP contribution in [0.25, 0.3) is 0 Å². The summed E-state index contributed by atoms with van der Waals surface area (Å²) in [6, 6.07) is 3.41. The number of likely N-dealkylation sites (tertiary alicyclic amines) is 1. The maximum atomic E-state index is 12.5. The van der Waals surface area contributed by atoms with Crippen LogP contribution in [-0.4, -0.2) is 67.0 Å². The Morgan fingerprint density at radius 2 is 1.60 bits per heavy atom. The van der Waals surface area contributed by atoms with E-state index in [1.54, 1.807) is 17.0 Å². The summed E-state index contributed by atoms with van der Waals surface area (Å²) in [5.41, 5.74) is -1.05. The standard InChI is InChI=1S/C17H23NO7/c1-23-12-8-11(9-13(24-2)15(12)25-3)10-14(19)18-6-4-17(22,5-7-18)16(20)21/h8-9,22H,4-7,10H2,1-3H3,(H,20,21). The van der Waals surface area contributed by atoms with Crippen LogP contribution < -0.4 is 14.2 Å². The monoisotopic (exact) mass is 353 g/mol. The molecule has 1 amide bonds. The fourth-order valence-corrected chi connectivity index (χ4v) is 2.86. The molecule has 0 atom stereocenters. The summed E-state index contributed by atoms with van der Waals surface area (Å²) < 4.78 is 15.8. The van der Waals surface area contributed by atoms with Gasteiger partial charge in [-0.15, -0.1) is 0 Å². The molecule has 0 spiro atoms. The Labute approximate surface area is 145 Å². The number of piperidine rings is 1. The maximum Gasteiger partial charge on any atom is 0.335 e. The molecule has 1 fully saturated rings. The highest BCUT2D eigenvalue weighted by atomic mass is 16.5. The van der Waals surface area contributed by atoms with E-state index in [0.717, 1.165) is 0 Å². The van der Waals surface area contributed by atoms with Crippen LogP contribution in [0.2, 0.25) is 0 Å². The summed E-state index contributed by atoms with van der Waals surface area (Å²) in [7, 11) is 4.50. The van der Waals surface area contributed by atoms with Gasteiger partial charge in [-0.1, -0.05) is 0 Å². The number of hydrogen-bond acceptors (Lipinski definition) is 6. The fourth-order valence-electron chi connectivity index (χ4n) is 2.86. The predicted molar refractivity (Wildman–Crippen MR) is 88.2 cm³/mol. The molecule has 0 radical (unpaired) electrons. The molecule has 8 nitrogen and oxygen atoms in total. The van der Waals surface area contributed by atoms with Crippen LogP contribution >= 0.6 is 0 Å². The molecule has 0 unspecified atom stereocenters. The molecule has 1 aromatic carbocycles. The number of benzene rings is 1. The van der Waals surface area contributed by atoms with Crippen molar-refractivity contribution in [3.8, 4) is 17.2 Å². The molecule has 1 aromatic rings. The van der Waals surface area contributed by atoms with Gasteiger partial charge in [-0.25, -0.2) is 4.79 Å². The van der Waals surface area contributed by atoms with E-state index in [-0.39, 0.29) is 38.3 Å². The topological polar surface area (TPSA) is 106 Å². The lowest BCUT2D eigenvalue weighted by atomic mass is 9.91. The van der Waals surface area contributed by atoms with E-state index in [1.165, 1.54) is 21.3 Å². The van der Waals surface area contributed by atoms with Gasteiger partial charge in [0.1, 0.15) is 0 Å². The van der Waals surface area contributed by atoms with Gasteiger partial charge < -0.3 is 29.3 Å². The number of carboxylic acids is 1. The second kappa shape index (κ2) is 7.60. The van der Waals surface area contributed by atoms with E-state index in [1.807, 2.05) is 0 Å². The Kier molecular flexibility index (Phi) is 5.73. The van der Waals surface area contributed by atoms with Gasteiger partial charge in [0.05, 0.1) is 27.8 Å². The molecule has 0 bridgehead atoms. The Hall–Kier alpha value is -2.48. The molecule has 1 aliphatic heterocycles. The van der Waals surface area contributed by atoms with E-state index >= 15 is 0 Å².